The van der Waals surface area contributed by atoms with Gasteiger partial charge in [-0.25, -0.2) is 9.66 Å². The van der Waals surface area contributed by atoms with Gasteiger partial charge < -0.3 is 5.84 Å². The van der Waals surface area contributed by atoms with Crippen molar-refractivity contribution in [3.8, 4) is 11.4 Å². The lowest BCUT2D eigenvalue weighted by atomic mass is 9.87. The molecule has 0 aliphatic rings. The summed E-state index contributed by atoms with van der Waals surface area (Å²) in [5, 5.41) is 12.3. The first kappa shape index (κ1) is 17.0. The van der Waals surface area contributed by atoms with Gasteiger partial charge in [0, 0.05) is 16.7 Å². The van der Waals surface area contributed by atoms with Gasteiger partial charge >= 0.3 is 0 Å². The lowest BCUT2D eigenvalue weighted by Gasteiger charge is -2.19. The zero-order chi connectivity index (χ0) is 17.3. The van der Waals surface area contributed by atoms with Gasteiger partial charge in [-0.15, -0.1) is 21.5 Å². The number of thiazole rings is 1. The predicted octanol–water partition coefficient (Wildman–Crippen LogP) is 4.01. The van der Waals surface area contributed by atoms with E-state index >= 15 is 0 Å². The number of nitrogens with zero attached hydrogens (tertiary/aromatic N) is 4. The van der Waals surface area contributed by atoms with Crippen LogP contribution in [0.1, 0.15) is 37.0 Å². The predicted molar refractivity (Wildman–Crippen MR) is 101 cm³/mol. The molecule has 3 rings (SSSR count). The van der Waals surface area contributed by atoms with Crippen LogP contribution in [0, 0.1) is 6.92 Å². The van der Waals surface area contributed by atoms with Gasteiger partial charge in [-0.2, -0.15) is 0 Å². The highest BCUT2D eigenvalue weighted by Gasteiger charge is 2.16. The van der Waals surface area contributed by atoms with Crippen LogP contribution in [-0.2, 0) is 11.2 Å². The molecule has 5 nitrogen and oxygen atoms in total. The Morgan fingerprint density at radius 2 is 1.88 bits per heavy atom. The van der Waals surface area contributed by atoms with E-state index in [1.54, 1.807) is 27.8 Å². The van der Waals surface area contributed by atoms with Crippen molar-refractivity contribution in [2.45, 2.75) is 44.0 Å². The fourth-order valence-electron chi connectivity index (χ4n) is 2.30. The molecule has 1 aromatic carbocycles. The molecule has 0 aliphatic carbocycles. The van der Waals surface area contributed by atoms with Crippen molar-refractivity contribution in [1.82, 2.24) is 19.9 Å². The lowest BCUT2D eigenvalue weighted by molar-refractivity contribution is 0.590. The maximum atomic E-state index is 6.18. The Kier molecular flexibility index (Phi) is 4.64. The van der Waals surface area contributed by atoms with Crippen LogP contribution in [0.5, 0.6) is 0 Å². The lowest BCUT2D eigenvalue weighted by Crippen LogP contribution is -2.12. The molecule has 0 saturated heterocycles. The highest BCUT2D eigenvalue weighted by atomic mass is 32.2. The third-order valence-electron chi connectivity index (χ3n) is 3.69. The molecule has 24 heavy (non-hydrogen) atoms. The molecule has 0 saturated carbocycles. The maximum absolute atomic E-state index is 6.18. The van der Waals surface area contributed by atoms with Crippen LogP contribution in [0.15, 0.2) is 34.8 Å². The molecule has 0 amide bonds. The molecule has 7 heteroatoms. The first-order valence-corrected chi connectivity index (χ1v) is 9.56. The molecule has 0 bridgehead atoms. The van der Waals surface area contributed by atoms with Crippen molar-refractivity contribution in [2.75, 3.05) is 5.84 Å². The van der Waals surface area contributed by atoms with Crippen molar-refractivity contribution < 1.29 is 0 Å². The Labute approximate surface area is 150 Å². The van der Waals surface area contributed by atoms with Crippen molar-refractivity contribution in [3.05, 3.63) is 45.9 Å². The van der Waals surface area contributed by atoms with E-state index in [1.165, 1.54) is 5.56 Å². The molecular formula is C17H21N5S2. The second-order valence-corrected chi connectivity index (χ2v) is 8.65. The summed E-state index contributed by atoms with van der Waals surface area (Å²) in [5.74, 6) is 7.59. The van der Waals surface area contributed by atoms with Crippen LogP contribution in [0.25, 0.3) is 11.4 Å². The number of benzene rings is 1. The van der Waals surface area contributed by atoms with E-state index in [0.29, 0.717) is 11.0 Å². The summed E-state index contributed by atoms with van der Waals surface area (Å²) in [6.45, 7) is 8.59. The van der Waals surface area contributed by atoms with Gasteiger partial charge in [0.15, 0.2) is 5.82 Å². The minimum Gasteiger partial charge on any atom is -0.335 e. The van der Waals surface area contributed by atoms with Gasteiger partial charge in [-0.05, 0) is 17.9 Å². The van der Waals surface area contributed by atoms with E-state index in [1.807, 2.05) is 19.1 Å². The van der Waals surface area contributed by atoms with Crippen molar-refractivity contribution >= 4 is 23.1 Å². The molecule has 0 aliphatic heterocycles. The fraction of sp³-hybridized carbons (Fsp3) is 0.353. The van der Waals surface area contributed by atoms with E-state index in [4.69, 9.17) is 5.84 Å². The highest BCUT2D eigenvalue weighted by Crippen LogP contribution is 2.27. The van der Waals surface area contributed by atoms with Gasteiger partial charge in [0.2, 0.25) is 5.16 Å². The van der Waals surface area contributed by atoms with E-state index in [2.05, 4.69) is 53.5 Å². The van der Waals surface area contributed by atoms with Crippen LogP contribution in [0.3, 0.4) is 0 Å². The number of aryl methyl sites for hydroxylation is 1. The van der Waals surface area contributed by atoms with E-state index in [-0.39, 0.29) is 5.41 Å². The van der Waals surface area contributed by atoms with Crippen LogP contribution in [-0.4, -0.2) is 19.9 Å². The normalized spacial score (nSPS) is 11.8. The topological polar surface area (TPSA) is 69.6 Å². The largest absolute Gasteiger partial charge is 0.335 e. The van der Waals surface area contributed by atoms with Crippen molar-refractivity contribution in [1.29, 1.82) is 0 Å². The molecule has 126 valence electrons. The minimum absolute atomic E-state index is 0.127. The Balaban J connectivity index is 1.77. The third kappa shape index (κ3) is 3.62. The molecule has 2 heterocycles. The maximum Gasteiger partial charge on any atom is 0.210 e. The molecule has 0 fully saturated rings. The quantitative estimate of drug-likeness (QED) is 0.563. The average molecular weight is 360 g/mol. The summed E-state index contributed by atoms with van der Waals surface area (Å²) in [4.78, 5) is 4.45. The minimum atomic E-state index is 0.127. The third-order valence-corrected chi connectivity index (χ3v) is 5.49. The van der Waals surface area contributed by atoms with Crippen molar-refractivity contribution in [2.24, 2.45) is 0 Å². The standard InChI is InChI=1S/C17H21N5S2/c1-11-19-14(9-23-11)10-24-16-21-20-15(22(16)18)12-5-7-13(8-6-12)17(2,3)4/h5-9H,10,18H2,1-4H3. The molecule has 0 radical (unpaired) electrons. The Morgan fingerprint density at radius 3 is 2.46 bits per heavy atom. The molecule has 0 atom stereocenters. The zero-order valence-corrected chi connectivity index (χ0v) is 15.9. The summed E-state index contributed by atoms with van der Waals surface area (Å²) < 4.78 is 1.55. The van der Waals surface area contributed by atoms with Gasteiger partial charge in [0.05, 0.1) is 10.7 Å². The van der Waals surface area contributed by atoms with E-state index in [9.17, 15) is 0 Å². The number of hydrogen-bond acceptors (Lipinski definition) is 6. The van der Waals surface area contributed by atoms with Gasteiger partial charge in [0.1, 0.15) is 0 Å². The molecule has 3 aromatic rings. The summed E-state index contributed by atoms with van der Waals surface area (Å²) in [6, 6.07) is 8.34. The average Bonchev–Trinajstić information content (AvgIpc) is 3.10. The summed E-state index contributed by atoms with van der Waals surface area (Å²) >= 11 is 3.20. The monoisotopic (exact) mass is 359 g/mol. The number of thioether (sulfide) groups is 1. The molecule has 2 N–H and O–H groups in total. The molecule has 2 aromatic heterocycles. The second-order valence-electron chi connectivity index (χ2n) is 6.65. The number of aromatic nitrogens is 4. The Hall–Kier alpha value is -1.86. The number of hydrogen-bond donors (Lipinski definition) is 1. The van der Waals surface area contributed by atoms with Gasteiger partial charge in [-0.3, -0.25) is 0 Å². The SMILES string of the molecule is Cc1nc(CSc2nnc(-c3ccc(C(C)(C)C)cc3)n2N)cs1. The number of nitrogen functional groups attached to an aromatic ring is 1. The first-order valence-electron chi connectivity index (χ1n) is 7.70. The smallest absolute Gasteiger partial charge is 0.210 e. The highest BCUT2D eigenvalue weighted by molar-refractivity contribution is 7.98. The van der Waals surface area contributed by atoms with Gasteiger partial charge in [-0.1, -0.05) is 56.8 Å². The van der Waals surface area contributed by atoms with Crippen LogP contribution in [0.2, 0.25) is 0 Å². The number of nitrogens with two attached hydrogens (primary N) is 1. The Morgan fingerprint density at radius 1 is 1.17 bits per heavy atom. The summed E-state index contributed by atoms with van der Waals surface area (Å²) in [7, 11) is 0. The van der Waals surface area contributed by atoms with Crippen LogP contribution in [0.4, 0.5) is 0 Å². The second kappa shape index (κ2) is 6.57. The Bertz CT molecular complexity index is 828. The van der Waals surface area contributed by atoms with Gasteiger partial charge in [0.25, 0.3) is 0 Å². The zero-order valence-electron chi connectivity index (χ0n) is 14.3. The number of rotatable bonds is 4. The molecule has 0 spiro atoms. The van der Waals surface area contributed by atoms with E-state index < -0.39 is 0 Å². The summed E-state index contributed by atoms with van der Waals surface area (Å²) in [5.41, 5.74) is 3.42. The van der Waals surface area contributed by atoms with E-state index in [0.717, 1.165) is 22.0 Å². The summed E-state index contributed by atoms with van der Waals surface area (Å²) in [6.07, 6.45) is 0. The fourth-order valence-corrected chi connectivity index (χ4v) is 3.77. The van der Waals surface area contributed by atoms with Crippen LogP contribution >= 0.6 is 23.1 Å². The van der Waals surface area contributed by atoms with Crippen LogP contribution < -0.4 is 5.84 Å². The molecule has 0 unspecified atom stereocenters. The molecular weight excluding hydrogens is 338 g/mol. The van der Waals surface area contributed by atoms with Crippen molar-refractivity contribution in [3.63, 3.8) is 0 Å². The first-order chi connectivity index (χ1) is 11.3.